The summed E-state index contributed by atoms with van der Waals surface area (Å²) >= 11 is 0. The van der Waals surface area contributed by atoms with Gasteiger partial charge in [-0.25, -0.2) is 4.39 Å². The number of benzene rings is 1. The van der Waals surface area contributed by atoms with Crippen LogP contribution in [0.4, 0.5) is 13.2 Å². The summed E-state index contributed by atoms with van der Waals surface area (Å²) in [6.07, 6.45) is 0. The predicted octanol–water partition coefficient (Wildman–Crippen LogP) is 2.64. The highest BCUT2D eigenvalue weighted by Crippen LogP contribution is 2.21. The molecule has 1 fully saturated rings. The molecule has 0 amide bonds. The minimum absolute atomic E-state index is 0. The number of rotatable bonds is 4. The van der Waals surface area contributed by atoms with E-state index in [4.69, 9.17) is 0 Å². The summed E-state index contributed by atoms with van der Waals surface area (Å²) in [5.74, 6) is -1.16. The van der Waals surface area contributed by atoms with Crippen LogP contribution in [0, 0.1) is 5.82 Å². The number of hydrogen-bond acceptors (Lipinski definition) is 3. The minimum Gasteiger partial charge on any atom is -0.432 e. The lowest BCUT2D eigenvalue weighted by Crippen LogP contribution is -2.48. The van der Waals surface area contributed by atoms with Gasteiger partial charge in [-0.05, 0) is 24.6 Å². The molecule has 1 saturated heterocycles. The maximum atomic E-state index is 13.6. The molecule has 1 atom stereocenters. The number of nitrogens with one attached hydrogen (secondary N) is 1. The highest BCUT2D eigenvalue weighted by molar-refractivity contribution is 5.85. The van der Waals surface area contributed by atoms with E-state index in [0.717, 1.165) is 25.2 Å². The number of hydrogen-bond donors (Lipinski definition) is 1. The van der Waals surface area contributed by atoms with Crippen molar-refractivity contribution in [2.24, 2.45) is 0 Å². The van der Waals surface area contributed by atoms with Gasteiger partial charge in [-0.15, -0.1) is 12.4 Å². The second-order valence-corrected chi connectivity index (χ2v) is 4.73. The quantitative estimate of drug-likeness (QED) is 0.925. The first kappa shape index (κ1) is 17.1. The summed E-state index contributed by atoms with van der Waals surface area (Å²) in [5, 5.41) is 3.32. The average Bonchev–Trinajstić information content (AvgIpc) is 2.32. The third-order valence-corrected chi connectivity index (χ3v) is 3.07. The molecule has 2 rings (SSSR count). The van der Waals surface area contributed by atoms with Gasteiger partial charge in [0.25, 0.3) is 0 Å². The van der Waals surface area contributed by atoms with Crippen molar-refractivity contribution in [1.82, 2.24) is 10.2 Å². The van der Waals surface area contributed by atoms with Gasteiger partial charge >= 0.3 is 6.61 Å². The number of ether oxygens (including phenoxy) is 1. The van der Waals surface area contributed by atoms with Crippen molar-refractivity contribution in [2.45, 2.75) is 26.1 Å². The van der Waals surface area contributed by atoms with Crippen molar-refractivity contribution in [2.75, 3.05) is 19.6 Å². The summed E-state index contributed by atoms with van der Waals surface area (Å²) < 4.78 is 41.7. The van der Waals surface area contributed by atoms with Crippen molar-refractivity contribution in [3.8, 4) is 5.75 Å². The van der Waals surface area contributed by atoms with Crippen LogP contribution in [0.1, 0.15) is 12.5 Å². The zero-order chi connectivity index (χ0) is 13.8. The summed E-state index contributed by atoms with van der Waals surface area (Å²) in [6, 6.07) is 4.53. The van der Waals surface area contributed by atoms with Crippen LogP contribution in [0.25, 0.3) is 0 Å². The van der Waals surface area contributed by atoms with E-state index < -0.39 is 18.2 Å². The molecule has 114 valence electrons. The lowest BCUT2D eigenvalue weighted by Gasteiger charge is -2.31. The van der Waals surface area contributed by atoms with Crippen molar-refractivity contribution in [3.63, 3.8) is 0 Å². The summed E-state index contributed by atoms with van der Waals surface area (Å²) in [5.41, 5.74) is 0.758. The van der Waals surface area contributed by atoms with Crippen LogP contribution in [0.2, 0.25) is 0 Å². The normalized spacial score (nSPS) is 19.8. The molecule has 1 heterocycles. The molecule has 20 heavy (non-hydrogen) atoms. The molecule has 0 aliphatic carbocycles. The van der Waals surface area contributed by atoms with Crippen molar-refractivity contribution < 1.29 is 17.9 Å². The van der Waals surface area contributed by atoms with Crippen LogP contribution in [0.5, 0.6) is 5.75 Å². The zero-order valence-electron chi connectivity index (χ0n) is 11.1. The van der Waals surface area contributed by atoms with E-state index in [0.29, 0.717) is 12.6 Å². The van der Waals surface area contributed by atoms with Gasteiger partial charge in [0, 0.05) is 32.2 Å². The lowest BCUT2D eigenvalue weighted by atomic mass is 10.1. The number of nitrogens with zero attached hydrogens (tertiary/aromatic N) is 1. The molecule has 1 aromatic carbocycles. The smallest absolute Gasteiger partial charge is 0.387 e. The molecule has 0 saturated carbocycles. The van der Waals surface area contributed by atoms with Crippen molar-refractivity contribution in [1.29, 1.82) is 0 Å². The fraction of sp³-hybridized carbons (Fsp3) is 0.538. The number of halogens is 4. The number of alkyl halides is 2. The standard InChI is InChI=1S/C13H17F3N2O.ClH/c1-9-7-18(5-4-17-9)8-10-2-3-12(11(14)6-10)19-13(15)16;/h2-3,6,9,13,17H,4-5,7-8H2,1H3;1H/t9-;/m1./s1. The van der Waals surface area contributed by atoms with Crippen LogP contribution in [-0.4, -0.2) is 37.2 Å². The topological polar surface area (TPSA) is 24.5 Å². The molecule has 3 nitrogen and oxygen atoms in total. The third kappa shape index (κ3) is 4.85. The first-order valence-corrected chi connectivity index (χ1v) is 6.23. The maximum Gasteiger partial charge on any atom is 0.387 e. The van der Waals surface area contributed by atoms with Crippen LogP contribution in [-0.2, 0) is 6.54 Å². The second kappa shape index (κ2) is 7.71. The van der Waals surface area contributed by atoms with Crippen LogP contribution in [0.3, 0.4) is 0 Å². The largest absolute Gasteiger partial charge is 0.432 e. The Morgan fingerprint density at radius 1 is 1.45 bits per heavy atom. The van der Waals surface area contributed by atoms with Gasteiger partial charge in [0.2, 0.25) is 0 Å². The summed E-state index contributed by atoms with van der Waals surface area (Å²) in [6.45, 7) is 2.37. The first-order chi connectivity index (χ1) is 9.04. The molecule has 1 N–H and O–H groups in total. The second-order valence-electron chi connectivity index (χ2n) is 4.73. The molecule has 1 aromatic rings. The summed E-state index contributed by atoms with van der Waals surface area (Å²) in [4.78, 5) is 2.20. The highest BCUT2D eigenvalue weighted by Gasteiger charge is 2.16. The lowest BCUT2D eigenvalue weighted by molar-refractivity contribution is -0.0522. The Labute approximate surface area is 122 Å². The van der Waals surface area contributed by atoms with Gasteiger partial charge in [-0.1, -0.05) is 6.07 Å². The molecule has 1 aliphatic heterocycles. The third-order valence-electron chi connectivity index (χ3n) is 3.07. The molecule has 7 heteroatoms. The molecule has 1 aliphatic rings. The van der Waals surface area contributed by atoms with E-state index in [2.05, 4.69) is 21.9 Å². The monoisotopic (exact) mass is 310 g/mol. The van der Waals surface area contributed by atoms with Crippen molar-refractivity contribution >= 4 is 12.4 Å². The van der Waals surface area contributed by atoms with Crippen LogP contribution in [0.15, 0.2) is 18.2 Å². The molecule has 0 spiro atoms. The first-order valence-electron chi connectivity index (χ1n) is 6.23. The Bertz CT molecular complexity index is 434. The van der Waals surface area contributed by atoms with Gasteiger partial charge in [-0.3, -0.25) is 4.90 Å². The molecule has 0 aromatic heterocycles. The SMILES string of the molecule is C[C@@H]1CN(Cc2ccc(OC(F)F)c(F)c2)CCN1.Cl. The van der Waals surface area contributed by atoms with Gasteiger partial charge in [0.1, 0.15) is 0 Å². The van der Waals surface area contributed by atoms with Gasteiger partial charge in [0.15, 0.2) is 11.6 Å². The molecule has 0 radical (unpaired) electrons. The Balaban J connectivity index is 0.00000200. The molecule has 0 unspecified atom stereocenters. The Hall–Kier alpha value is -0.980. The number of piperazine rings is 1. The van der Waals surface area contributed by atoms with E-state index in [1.807, 2.05) is 0 Å². The van der Waals surface area contributed by atoms with Crippen LogP contribution >= 0.6 is 12.4 Å². The Morgan fingerprint density at radius 2 is 2.20 bits per heavy atom. The Morgan fingerprint density at radius 3 is 2.80 bits per heavy atom. The van der Waals surface area contributed by atoms with E-state index in [9.17, 15) is 13.2 Å². The summed E-state index contributed by atoms with van der Waals surface area (Å²) in [7, 11) is 0. The van der Waals surface area contributed by atoms with E-state index in [-0.39, 0.29) is 12.4 Å². The zero-order valence-corrected chi connectivity index (χ0v) is 11.9. The minimum atomic E-state index is -3.01. The predicted molar refractivity (Wildman–Crippen MR) is 73.0 cm³/mol. The van der Waals surface area contributed by atoms with Gasteiger partial charge in [-0.2, -0.15) is 8.78 Å². The molecular weight excluding hydrogens is 293 g/mol. The highest BCUT2D eigenvalue weighted by atomic mass is 35.5. The fourth-order valence-corrected chi connectivity index (χ4v) is 2.25. The Kier molecular flexibility index (Phi) is 6.58. The fourth-order valence-electron chi connectivity index (χ4n) is 2.25. The van der Waals surface area contributed by atoms with Gasteiger partial charge < -0.3 is 10.1 Å². The van der Waals surface area contributed by atoms with E-state index in [1.165, 1.54) is 12.1 Å². The molecule has 0 bridgehead atoms. The van der Waals surface area contributed by atoms with Crippen LogP contribution < -0.4 is 10.1 Å². The van der Waals surface area contributed by atoms with E-state index >= 15 is 0 Å². The van der Waals surface area contributed by atoms with Crippen molar-refractivity contribution in [3.05, 3.63) is 29.6 Å². The van der Waals surface area contributed by atoms with Gasteiger partial charge in [0.05, 0.1) is 0 Å². The average molecular weight is 311 g/mol. The maximum absolute atomic E-state index is 13.6. The molecular formula is C13H18ClF3N2O. The van der Waals surface area contributed by atoms with E-state index in [1.54, 1.807) is 6.07 Å².